The molecule has 0 unspecified atom stereocenters. The number of ether oxygens (including phenoxy) is 1. The van der Waals surface area contributed by atoms with Crippen LogP contribution in [-0.2, 0) is 25.7 Å². The first-order valence-electron chi connectivity index (χ1n) is 12.9. The topological polar surface area (TPSA) is 114 Å². The Balaban J connectivity index is 1.78. The number of halogens is 4. The van der Waals surface area contributed by atoms with E-state index in [4.69, 9.17) is 4.74 Å². The third-order valence-electron chi connectivity index (χ3n) is 6.22. The van der Waals surface area contributed by atoms with Gasteiger partial charge in [-0.05, 0) is 62.1 Å². The van der Waals surface area contributed by atoms with Crippen molar-refractivity contribution in [3.05, 3.63) is 29.6 Å². The minimum atomic E-state index is -5.04. The van der Waals surface area contributed by atoms with Crippen molar-refractivity contribution in [2.75, 3.05) is 19.7 Å². The molecule has 8 nitrogen and oxygen atoms in total. The van der Waals surface area contributed by atoms with Crippen LogP contribution in [0.4, 0.5) is 22.4 Å². The molecule has 1 aliphatic carbocycles. The Bertz CT molecular complexity index is 1030. The fourth-order valence-corrected chi connectivity index (χ4v) is 5.54. The highest BCUT2D eigenvalue weighted by Gasteiger charge is 2.37. The molecule has 1 aliphatic rings. The second-order valence-electron chi connectivity index (χ2n) is 9.96. The number of carbonyl (C=O) groups is 2. The molecule has 2 amide bonds. The van der Waals surface area contributed by atoms with Gasteiger partial charge in [-0.25, -0.2) is 22.3 Å². The van der Waals surface area contributed by atoms with E-state index in [-0.39, 0.29) is 31.5 Å². The molecular formula is C25H37F4N3O5S. The first kappa shape index (κ1) is 31.8. The van der Waals surface area contributed by atoms with E-state index in [0.717, 1.165) is 25.7 Å². The highest BCUT2D eigenvalue weighted by atomic mass is 32.2. The van der Waals surface area contributed by atoms with E-state index in [0.29, 0.717) is 37.5 Å². The monoisotopic (exact) mass is 567 g/mol. The number of alkyl halides is 3. The molecule has 3 N–H and O–H groups in total. The van der Waals surface area contributed by atoms with Crippen molar-refractivity contribution in [1.82, 2.24) is 15.4 Å². The van der Waals surface area contributed by atoms with Crippen molar-refractivity contribution in [3.8, 4) is 0 Å². The molecule has 0 aliphatic heterocycles. The van der Waals surface area contributed by atoms with Gasteiger partial charge in [-0.2, -0.15) is 13.2 Å². The fourth-order valence-electron chi connectivity index (χ4n) is 4.26. The summed E-state index contributed by atoms with van der Waals surface area (Å²) in [6, 6.07) is 0.555. The Kier molecular flexibility index (Phi) is 12.3. The Morgan fingerprint density at radius 1 is 1.08 bits per heavy atom. The van der Waals surface area contributed by atoms with Crippen LogP contribution in [0, 0.1) is 17.7 Å². The minimum absolute atomic E-state index is 0.117. The second kappa shape index (κ2) is 14.7. The van der Waals surface area contributed by atoms with Gasteiger partial charge in [0, 0.05) is 13.1 Å². The number of benzene rings is 1. The molecule has 1 fully saturated rings. The van der Waals surface area contributed by atoms with Gasteiger partial charge in [0.15, 0.2) is 0 Å². The summed E-state index contributed by atoms with van der Waals surface area (Å²) in [5, 5.41) is 5.30. The predicted molar refractivity (Wildman–Crippen MR) is 133 cm³/mol. The smallest absolute Gasteiger partial charge is 0.417 e. The van der Waals surface area contributed by atoms with E-state index in [9.17, 15) is 35.6 Å². The van der Waals surface area contributed by atoms with Crippen LogP contribution < -0.4 is 15.4 Å². The summed E-state index contributed by atoms with van der Waals surface area (Å²) in [6.45, 7) is 4.12. The van der Waals surface area contributed by atoms with E-state index >= 15 is 0 Å². The molecule has 0 saturated heterocycles. The van der Waals surface area contributed by atoms with Gasteiger partial charge >= 0.3 is 12.3 Å². The normalized spacial score (nSPS) is 15.8. The Morgan fingerprint density at radius 3 is 2.37 bits per heavy atom. The Hall–Kier alpha value is -2.41. The van der Waals surface area contributed by atoms with Crippen molar-refractivity contribution < 1.29 is 40.3 Å². The zero-order chi connectivity index (χ0) is 28.3. The van der Waals surface area contributed by atoms with E-state index in [1.54, 1.807) is 0 Å². The lowest BCUT2D eigenvalue weighted by molar-refractivity contribution is -0.140. The Labute approximate surface area is 221 Å². The number of alkyl carbamates (subject to hydrolysis) is 1. The van der Waals surface area contributed by atoms with Crippen LogP contribution in [-0.4, -0.2) is 46.2 Å². The molecule has 38 heavy (non-hydrogen) atoms. The van der Waals surface area contributed by atoms with Crippen LogP contribution in [0.1, 0.15) is 70.8 Å². The zero-order valence-electron chi connectivity index (χ0n) is 21.7. The number of sulfonamides is 1. The molecule has 0 bridgehead atoms. The maximum Gasteiger partial charge on any atom is 0.417 e. The number of rotatable bonds is 13. The molecule has 13 heteroatoms. The lowest BCUT2D eigenvalue weighted by Crippen LogP contribution is -2.48. The maximum atomic E-state index is 13.3. The molecular weight excluding hydrogens is 530 g/mol. The first-order valence-corrected chi connectivity index (χ1v) is 14.4. The van der Waals surface area contributed by atoms with E-state index in [1.165, 1.54) is 6.42 Å². The molecule has 1 aromatic carbocycles. The summed E-state index contributed by atoms with van der Waals surface area (Å²) >= 11 is 0. The lowest BCUT2D eigenvalue weighted by atomic mass is 9.90. The van der Waals surface area contributed by atoms with E-state index < -0.39 is 50.5 Å². The van der Waals surface area contributed by atoms with Crippen LogP contribution in [0.25, 0.3) is 0 Å². The molecule has 0 heterocycles. The largest absolute Gasteiger partial charge is 0.449 e. The van der Waals surface area contributed by atoms with Gasteiger partial charge in [-0.15, -0.1) is 0 Å². The van der Waals surface area contributed by atoms with Crippen molar-refractivity contribution >= 4 is 22.0 Å². The molecule has 1 saturated carbocycles. The number of amides is 2. The van der Waals surface area contributed by atoms with Gasteiger partial charge in [0.2, 0.25) is 15.9 Å². The van der Waals surface area contributed by atoms with Crippen LogP contribution in [0.3, 0.4) is 0 Å². The summed E-state index contributed by atoms with van der Waals surface area (Å²) in [5.41, 5.74) is -1.58. The SMILES string of the molecule is CC(C)C[C@H](NC(=O)OCC1CCCCC1)C(=O)NCCCCNS(=O)(=O)c1ccc(F)cc1C(F)(F)F. The van der Waals surface area contributed by atoms with Crippen LogP contribution in [0.2, 0.25) is 0 Å². The lowest BCUT2D eigenvalue weighted by Gasteiger charge is -2.23. The highest BCUT2D eigenvalue weighted by molar-refractivity contribution is 7.89. The van der Waals surface area contributed by atoms with Gasteiger partial charge in [0.05, 0.1) is 17.1 Å². The van der Waals surface area contributed by atoms with Crippen molar-refractivity contribution in [1.29, 1.82) is 0 Å². The summed E-state index contributed by atoms with van der Waals surface area (Å²) in [6.07, 6.45) is 0.718. The predicted octanol–water partition coefficient (Wildman–Crippen LogP) is 4.74. The summed E-state index contributed by atoms with van der Waals surface area (Å²) in [5.74, 6) is -1.15. The zero-order valence-corrected chi connectivity index (χ0v) is 22.5. The van der Waals surface area contributed by atoms with Crippen LogP contribution in [0.15, 0.2) is 23.1 Å². The molecule has 2 rings (SSSR count). The highest BCUT2D eigenvalue weighted by Crippen LogP contribution is 2.34. The number of carbonyl (C=O) groups excluding carboxylic acids is 2. The van der Waals surface area contributed by atoms with Gasteiger partial charge in [-0.1, -0.05) is 33.1 Å². The van der Waals surface area contributed by atoms with Gasteiger partial charge in [-0.3, -0.25) is 4.79 Å². The third kappa shape index (κ3) is 10.8. The second-order valence-corrected chi connectivity index (χ2v) is 11.7. The summed E-state index contributed by atoms with van der Waals surface area (Å²) in [7, 11) is -4.53. The quantitative estimate of drug-likeness (QED) is 0.235. The van der Waals surface area contributed by atoms with Crippen molar-refractivity contribution in [2.24, 2.45) is 11.8 Å². The maximum absolute atomic E-state index is 13.3. The van der Waals surface area contributed by atoms with Crippen molar-refractivity contribution in [2.45, 2.75) is 82.3 Å². The summed E-state index contributed by atoms with van der Waals surface area (Å²) < 4.78 is 84.8. The first-order chi connectivity index (χ1) is 17.8. The molecule has 216 valence electrons. The van der Waals surface area contributed by atoms with Gasteiger partial charge < -0.3 is 15.4 Å². The average Bonchev–Trinajstić information content (AvgIpc) is 2.84. The molecule has 1 atom stereocenters. The average molecular weight is 568 g/mol. The third-order valence-corrected chi connectivity index (χ3v) is 7.74. The number of nitrogens with one attached hydrogen (secondary N) is 3. The molecule has 0 aromatic heterocycles. The number of unbranched alkanes of at least 4 members (excludes halogenated alkanes) is 1. The van der Waals surface area contributed by atoms with E-state index in [1.807, 2.05) is 13.8 Å². The van der Waals surface area contributed by atoms with Crippen LogP contribution in [0.5, 0.6) is 0 Å². The summed E-state index contributed by atoms with van der Waals surface area (Å²) in [4.78, 5) is 23.8. The van der Waals surface area contributed by atoms with Gasteiger partial charge in [0.1, 0.15) is 11.9 Å². The molecule has 0 spiro atoms. The van der Waals surface area contributed by atoms with Crippen LogP contribution >= 0.6 is 0 Å². The standard InChI is InChI=1S/C25H37F4N3O5S/c1-17(2)14-21(32-24(34)37-16-18-8-4-3-5-9-18)23(33)30-12-6-7-13-31-38(35,36)22-11-10-19(26)15-20(22)25(27,28)29/h10-11,15,17-18,21,31H,3-9,12-14,16H2,1-2H3,(H,30,33)(H,32,34)/t21-/m0/s1. The van der Waals surface area contributed by atoms with E-state index in [2.05, 4.69) is 15.4 Å². The number of hydrogen-bond acceptors (Lipinski definition) is 5. The Morgan fingerprint density at radius 2 is 1.74 bits per heavy atom. The fraction of sp³-hybridized carbons (Fsp3) is 0.680. The number of hydrogen-bond donors (Lipinski definition) is 3. The van der Waals surface area contributed by atoms with Crippen molar-refractivity contribution in [3.63, 3.8) is 0 Å². The minimum Gasteiger partial charge on any atom is -0.449 e. The molecule has 0 radical (unpaired) electrons. The molecule has 1 aromatic rings. The van der Waals surface area contributed by atoms with Gasteiger partial charge in [0.25, 0.3) is 0 Å².